The third-order valence-electron chi connectivity index (χ3n) is 5.22. The van der Waals surface area contributed by atoms with Gasteiger partial charge in [-0.3, -0.25) is 4.90 Å². The van der Waals surface area contributed by atoms with Crippen molar-refractivity contribution in [3.63, 3.8) is 0 Å². The summed E-state index contributed by atoms with van der Waals surface area (Å²) in [6.07, 6.45) is 9.09. The van der Waals surface area contributed by atoms with Crippen LogP contribution < -0.4 is 14.8 Å². The second-order valence-corrected chi connectivity index (χ2v) is 8.87. The first kappa shape index (κ1) is 23.1. The van der Waals surface area contributed by atoms with E-state index in [1.165, 1.54) is 0 Å². The van der Waals surface area contributed by atoms with Gasteiger partial charge in [-0.1, -0.05) is 24.3 Å². The van der Waals surface area contributed by atoms with E-state index in [0.29, 0.717) is 19.2 Å². The third-order valence-corrected chi connectivity index (χ3v) is 5.80. The van der Waals surface area contributed by atoms with Crippen LogP contribution in [-0.4, -0.2) is 53.7 Å². The van der Waals surface area contributed by atoms with E-state index in [4.69, 9.17) is 14.5 Å². The predicted molar refractivity (Wildman–Crippen MR) is 137 cm³/mol. The molecule has 1 N–H and O–H groups in total. The minimum atomic E-state index is 0.554. The number of aromatic nitrogens is 2. The lowest BCUT2D eigenvalue weighted by Gasteiger charge is -2.19. The van der Waals surface area contributed by atoms with Gasteiger partial charge in [-0.2, -0.15) is 11.8 Å². The second-order valence-electron chi connectivity index (χ2n) is 7.89. The van der Waals surface area contributed by atoms with Crippen LogP contribution in [0.1, 0.15) is 12.0 Å². The number of hydrogen-bond donors (Lipinski definition) is 1. The van der Waals surface area contributed by atoms with Crippen LogP contribution in [0.2, 0.25) is 0 Å². The predicted octanol–water partition coefficient (Wildman–Crippen LogP) is 5.40. The number of hydrogen-bond acceptors (Lipinski definition) is 7. The van der Waals surface area contributed by atoms with Crippen LogP contribution in [0.4, 0.5) is 11.6 Å². The van der Waals surface area contributed by atoms with Gasteiger partial charge in [0.15, 0.2) is 0 Å². The number of fused-ring (bicyclic) bond motifs is 7. The Labute approximate surface area is 200 Å². The Bertz CT molecular complexity index is 1090. The van der Waals surface area contributed by atoms with E-state index in [-0.39, 0.29) is 0 Å². The van der Waals surface area contributed by atoms with E-state index in [1.54, 1.807) is 18.0 Å². The summed E-state index contributed by atoms with van der Waals surface area (Å²) in [5.74, 6) is 3.27. The van der Waals surface area contributed by atoms with Crippen molar-refractivity contribution in [2.75, 3.05) is 44.1 Å². The molecule has 0 aliphatic carbocycles. The summed E-state index contributed by atoms with van der Waals surface area (Å²) >= 11 is 1.78. The molecule has 0 radical (unpaired) electrons. The Morgan fingerprint density at radius 3 is 3.00 bits per heavy atom. The summed E-state index contributed by atoms with van der Waals surface area (Å²) in [6.45, 7) is 2.95. The molecule has 0 amide bonds. The van der Waals surface area contributed by atoms with Gasteiger partial charge in [0.2, 0.25) is 5.95 Å². The van der Waals surface area contributed by atoms with Crippen molar-refractivity contribution in [2.24, 2.45) is 0 Å². The van der Waals surface area contributed by atoms with Crippen LogP contribution in [-0.2, 0) is 6.54 Å². The molecule has 33 heavy (non-hydrogen) atoms. The number of thioether (sulfide) groups is 1. The number of nitrogens with zero attached hydrogens (tertiary/aromatic N) is 3. The first-order valence-electron chi connectivity index (χ1n) is 11.1. The van der Waals surface area contributed by atoms with Crippen LogP contribution >= 0.6 is 11.8 Å². The number of rotatable bonds is 4. The van der Waals surface area contributed by atoms with Gasteiger partial charge >= 0.3 is 0 Å². The maximum atomic E-state index is 6.07. The highest BCUT2D eigenvalue weighted by molar-refractivity contribution is 7.98. The van der Waals surface area contributed by atoms with Gasteiger partial charge in [0.1, 0.15) is 11.5 Å². The molecule has 0 saturated heterocycles. The van der Waals surface area contributed by atoms with Gasteiger partial charge in [0, 0.05) is 41.9 Å². The molecule has 1 aliphatic heterocycles. The lowest BCUT2D eigenvalue weighted by atomic mass is 10.1. The van der Waals surface area contributed by atoms with Gasteiger partial charge in [-0.05, 0) is 56.1 Å². The molecular formula is C26H30N4O2S. The molecular weight excluding hydrogens is 432 g/mol. The van der Waals surface area contributed by atoms with Crippen molar-refractivity contribution in [3.05, 3.63) is 72.4 Å². The van der Waals surface area contributed by atoms with Gasteiger partial charge in [-0.25, -0.2) is 9.97 Å². The SMILES string of the molecule is CSCCOc1ccc2cc1CN(C)C/C=C/CCOc1cccc(c1)-c1ccnc(n1)N2. The van der Waals surface area contributed by atoms with Crippen LogP contribution in [0, 0.1) is 0 Å². The fraction of sp³-hybridized carbons (Fsp3) is 0.308. The van der Waals surface area contributed by atoms with E-state index in [0.717, 1.165) is 59.3 Å². The standard InChI is InChI=1S/C26H30N4O2S/c1-30-13-4-3-5-14-31-23-8-6-7-20(18-23)24-11-12-27-26(29-24)28-22-9-10-25(21(17-22)19-30)32-15-16-33-2/h3-4,6-12,17-18H,5,13-16,19H2,1-2H3,(H,27,28,29)/b4-3+. The molecule has 7 heteroatoms. The number of anilines is 2. The molecule has 1 aliphatic rings. The van der Waals surface area contributed by atoms with Crippen molar-refractivity contribution in [2.45, 2.75) is 13.0 Å². The van der Waals surface area contributed by atoms with Crippen molar-refractivity contribution >= 4 is 23.4 Å². The van der Waals surface area contributed by atoms with E-state index in [1.807, 2.05) is 42.5 Å². The zero-order chi connectivity index (χ0) is 22.9. The minimum absolute atomic E-state index is 0.554. The summed E-state index contributed by atoms with van der Waals surface area (Å²) in [5, 5.41) is 3.36. The average Bonchev–Trinajstić information content (AvgIpc) is 2.82. The molecule has 2 aromatic carbocycles. The lowest BCUT2D eigenvalue weighted by molar-refractivity contribution is 0.318. The van der Waals surface area contributed by atoms with E-state index in [9.17, 15) is 0 Å². The Hall–Kier alpha value is -3.03. The van der Waals surface area contributed by atoms with Crippen molar-refractivity contribution in [3.8, 4) is 22.8 Å². The maximum absolute atomic E-state index is 6.07. The zero-order valence-electron chi connectivity index (χ0n) is 19.2. The van der Waals surface area contributed by atoms with Crippen LogP contribution in [0.5, 0.6) is 11.5 Å². The highest BCUT2D eigenvalue weighted by atomic mass is 32.2. The molecule has 3 aromatic rings. The Balaban J connectivity index is 1.65. The van der Waals surface area contributed by atoms with Gasteiger partial charge in [-0.15, -0.1) is 0 Å². The maximum Gasteiger partial charge on any atom is 0.227 e. The normalized spacial score (nSPS) is 15.5. The Morgan fingerprint density at radius 1 is 1.15 bits per heavy atom. The molecule has 6 nitrogen and oxygen atoms in total. The lowest BCUT2D eigenvalue weighted by Crippen LogP contribution is -2.18. The first-order valence-corrected chi connectivity index (χ1v) is 12.5. The molecule has 4 rings (SSSR count). The molecule has 0 fully saturated rings. The number of ether oxygens (including phenoxy) is 2. The Kier molecular flexibility index (Phi) is 8.22. The topological polar surface area (TPSA) is 59.5 Å². The van der Waals surface area contributed by atoms with Gasteiger partial charge < -0.3 is 14.8 Å². The summed E-state index contributed by atoms with van der Waals surface area (Å²) in [7, 11) is 2.11. The molecule has 0 saturated carbocycles. The highest BCUT2D eigenvalue weighted by Crippen LogP contribution is 2.27. The average molecular weight is 463 g/mol. The molecule has 2 heterocycles. The summed E-state index contributed by atoms with van der Waals surface area (Å²) in [4.78, 5) is 11.4. The number of nitrogens with one attached hydrogen (secondary N) is 1. The van der Waals surface area contributed by atoms with Crippen LogP contribution in [0.3, 0.4) is 0 Å². The second kappa shape index (κ2) is 11.7. The quantitative estimate of drug-likeness (QED) is 0.411. The molecule has 0 spiro atoms. The van der Waals surface area contributed by atoms with Gasteiger partial charge in [0.05, 0.1) is 18.9 Å². The smallest absolute Gasteiger partial charge is 0.227 e. The summed E-state index contributed by atoms with van der Waals surface area (Å²) in [6, 6.07) is 16.1. The third kappa shape index (κ3) is 6.73. The van der Waals surface area contributed by atoms with Crippen molar-refractivity contribution in [1.82, 2.24) is 14.9 Å². The molecule has 6 bridgehead atoms. The minimum Gasteiger partial charge on any atom is -0.493 e. The molecule has 172 valence electrons. The molecule has 0 atom stereocenters. The number of likely N-dealkylation sites (N-methyl/N-ethyl adjacent to an activating group) is 1. The van der Waals surface area contributed by atoms with Crippen molar-refractivity contribution < 1.29 is 9.47 Å². The fourth-order valence-electron chi connectivity index (χ4n) is 3.58. The summed E-state index contributed by atoms with van der Waals surface area (Å²) < 4.78 is 12.0. The highest BCUT2D eigenvalue weighted by Gasteiger charge is 2.10. The van der Waals surface area contributed by atoms with E-state index < -0.39 is 0 Å². The van der Waals surface area contributed by atoms with Crippen LogP contribution in [0.15, 0.2) is 66.9 Å². The fourth-order valence-corrected chi connectivity index (χ4v) is 3.83. The van der Waals surface area contributed by atoms with E-state index in [2.05, 4.69) is 46.7 Å². The van der Waals surface area contributed by atoms with Gasteiger partial charge in [0.25, 0.3) is 0 Å². The first-order chi connectivity index (χ1) is 16.2. The Morgan fingerprint density at radius 2 is 2.09 bits per heavy atom. The zero-order valence-corrected chi connectivity index (χ0v) is 20.0. The monoisotopic (exact) mass is 462 g/mol. The number of benzene rings is 2. The molecule has 0 unspecified atom stereocenters. The van der Waals surface area contributed by atoms with Crippen molar-refractivity contribution in [1.29, 1.82) is 0 Å². The summed E-state index contributed by atoms with van der Waals surface area (Å²) in [5.41, 5.74) is 3.90. The van der Waals surface area contributed by atoms with Crippen LogP contribution in [0.25, 0.3) is 11.3 Å². The largest absolute Gasteiger partial charge is 0.493 e. The van der Waals surface area contributed by atoms with E-state index >= 15 is 0 Å². The molecule has 1 aromatic heterocycles.